The lowest BCUT2D eigenvalue weighted by molar-refractivity contribution is -0.129. The SMILES string of the molecule is CCN(C(=O)/C(=C/S)N=Cc1cnn(-c2ccccc2)c1)[C@H]1CCCNC1. The van der Waals surface area contributed by atoms with Crippen LogP contribution in [0.15, 0.2) is 58.8 Å². The second-order valence-electron chi connectivity index (χ2n) is 6.42. The van der Waals surface area contributed by atoms with Crippen molar-refractivity contribution in [3.05, 3.63) is 59.4 Å². The molecule has 1 aromatic heterocycles. The van der Waals surface area contributed by atoms with Crippen molar-refractivity contribution in [3.63, 3.8) is 0 Å². The summed E-state index contributed by atoms with van der Waals surface area (Å²) in [6.07, 6.45) is 7.34. The highest BCUT2D eigenvalue weighted by molar-refractivity contribution is 7.83. The Morgan fingerprint density at radius 3 is 2.93 bits per heavy atom. The second-order valence-corrected chi connectivity index (χ2v) is 6.68. The largest absolute Gasteiger partial charge is 0.333 e. The molecule has 0 radical (unpaired) electrons. The van der Waals surface area contributed by atoms with Crippen LogP contribution in [0.2, 0.25) is 0 Å². The van der Waals surface area contributed by atoms with E-state index in [0.29, 0.717) is 12.2 Å². The first-order valence-corrected chi connectivity index (χ1v) is 9.74. The molecule has 7 heteroatoms. The molecule has 2 aromatic rings. The molecular weight excluding hydrogens is 358 g/mol. The van der Waals surface area contributed by atoms with Gasteiger partial charge in [-0.1, -0.05) is 18.2 Å². The first kappa shape index (κ1) is 19.4. The zero-order valence-corrected chi connectivity index (χ0v) is 16.3. The molecule has 1 amide bonds. The van der Waals surface area contributed by atoms with Crippen LogP contribution in [-0.4, -0.2) is 52.5 Å². The number of hydrogen-bond donors (Lipinski definition) is 2. The van der Waals surface area contributed by atoms with Crippen LogP contribution in [0.25, 0.3) is 5.69 Å². The number of rotatable bonds is 6. The molecule has 1 aliphatic rings. The predicted molar refractivity (Wildman–Crippen MR) is 112 cm³/mol. The Kier molecular flexibility index (Phi) is 6.84. The number of carbonyl (C=O) groups excluding carboxylic acids is 1. The maximum absolute atomic E-state index is 12.9. The number of thiol groups is 1. The standard InChI is InChI=1S/C20H25N5OS/c1-2-24(18-9-6-10-21-13-18)20(26)19(15-27)22-11-16-12-23-25(14-16)17-7-4-3-5-8-17/h3-5,7-8,11-12,14-15,18,21,27H,2,6,9-10,13H2,1H3/b19-15-,22-11?/t18-/m0/s1. The fraction of sp³-hybridized carbons (Fsp3) is 0.350. The lowest BCUT2D eigenvalue weighted by Crippen LogP contribution is -2.48. The summed E-state index contributed by atoms with van der Waals surface area (Å²) in [6, 6.07) is 10.1. The van der Waals surface area contributed by atoms with Gasteiger partial charge in [-0.05, 0) is 43.9 Å². The van der Waals surface area contributed by atoms with Gasteiger partial charge < -0.3 is 10.2 Å². The smallest absolute Gasteiger partial charge is 0.273 e. The quantitative estimate of drug-likeness (QED) is 0.458. The van der Waals surface area contributed by atoms with Crippen LogP contribution >= 0.6 is 12.6 Å². The van der Waals surface area contributed by atoms with E-state index >= 15 is 0 Å². The van der Waals surface area contributed by atoms with Crippen molar-refractivity contribution in [2.24, 2.45) is 4.99 Å². The molecule has 6 nitrogen and oxygen atoms in total. The van der Waals surface area contributed by atoms with Crippen LogP contribution in [0.4, 0.5) is 0 Å². The zero-order chi connectivity index (χ0) is 19.1. The van der Waals surface area contributed by atoms with Crippen LogP contribution in [0.5, 0.6) is 0 Å². The maximum Gasteiger partial charge on any atom is 0.273 e. The molecule has 0 spiro atoms. The molecule has 2 heterocycles. The van der Waals surface area contributed by atoms with Crippen molar-refractivity contribution in [2.75, 3.05) is 19.6 Å². The summed E-state index contributed by atoms with van der Waals surface area (Å²) in [4.78, 5) is 19.2. The van der Waals surface area contributed by atoms with Crippen LogP contribution in [0.3, 0.4) is 0 Å². The number of benzene rings is 1. The predicted octanol–water partition coefficient (Wildman–Crippen LogP) is 2.66. The topological polar surface area (TPSA) is 62.5 Å². The molecule has 0 aliphatic carbocycles. The van der Waals surface area contributed by atoms with Gasteiger partial charge in [0, 0.05) is 37.1 Å². The van der Waals surface area contributed by atoms with Crippen molar-refractivity contribution in [2.45, 2.75) is 25.8 Å². The summed E-state index contributed by atoms with van der Waals surface area (Å²) >= 11 is 4.20. The normalized spacial score (nSPS) is 18.0. The number of aromatic nitrogens is 2. The van der Waals surface area contributed by atoms with Gasteiger partial charge in [-0.3, -0.25) is 4.79 Å². The van der Waals surface area contributed by atoms with Crippen molar-refractivity contribution < 1.29 is 4.79 Å². The number of nitrogens with zero attached hydrogens (tertiary/aromatic N) is 4. The molecular formula is C20H25N5OS. The number of hydrogen-bond acceptors (Lipinski definition) is 5. The van der Waals surface area contributed by atoms with Crippen LogP contribution < -0.4 is 5.32 Å². The van der Waals surface area contributed by atoms with Crippen molar-refractivity contribution in [1.29, 1.82) is 0 Å². The Bertz CT molecular complexity index is 809. The molecule has 142 valence electrons. The van der Waals surface area contributed by atoms with Crippen LogP contribution in [0.1, 0.15) is 25.3 Å². The van der Waals surface area contributed by atoms with Gasteiger partial charge in [0.25, 0.3) is 5.91 Å². The number of para-hydroxylation sites is 1. The molecule has 0 bridgehead atoms. The molecule has 1 aliphatic heterocycles. The molecule has 0 saturated carbocycles. The Hall–Kier alpha value is -2.38. The fourth-order valence-corrected chi connectivity index (χ4v) is 3.40. The first-order chi connectivity index (χ1) is 13.2. The number of carbonyl (C=O) groups is 1. The van der Waals surface area contributed by atoms with E-state index in [4.69, 9.17) is 0 Å². The monoisotopic (exact) mass is 383 g/mol. The van der Waals surface area contributed by atoms with E-state index in [0.717, 1.165) is 37.2 Å². The highest BCUT2D eigenvalue weighted by atomic mass is 32.1. The van der Waals surface area contributed by atoms with E-state index in [-0.39, 0.29) is 11.9 Å². The van der Waals surface area contributed by atoms with Gasteiger partial charge in [0.2, 0.25) is 0 Å². The van der Waals surface area contributed by atoms with Gasteiger partial charge in [0.1, 0.15) is 5.70 Å². The van der Waals surface area contributed by atoms with Gasteiger partial charge in [-0.2, -0.15) is 5.10 Å². The number of nitrogens with one attached hydrogen (secondary N) is 1. The average Bonchev–Trinajstić information content (AvgIpc) is 3.20. The minimum absolute atomic E-state index is 0.0899. The molecule has 27 heavy (non-hydrogen) atoms. The average molecular weight is 384 g/mol. The second kappa shape index (κ2) is 9.53. The third-order valence-electron chi connectivity index (χ3n) is 4.63. The lowest BCUT2D eigenvalue weighted by Gasteiger charge is -2.33. The summed E-state index contributed by atoms with van der Waals surface area (Å²) in [5.74, 6) is -0.0899. The highest BCUT2D eigenvalue weighted by Crippen LogP contribution is 2.15. The highest BCUT2D eigenvalue weighted by Gasteiger charge is 2.25. The van der Waals surface area contributed by atoms with E-state index in [2.05, 4.69) is 28.0 Å². The molecule has 1 atom stereocenters. The third-order valence-corrected chi connectivity index (χ3v) is 4.88. The summed E-state index contributed by atoms with van der Waals surface area (Å²) in [7, 11) is 0. The Labute approximate surface area is 165 Å². The Morgan fingerprint density at radius 2 is 2.26 bits per heavy atom. The van der Waals surface area contributed by atoms with Crippen molar-refractivity contribution in [1.82, 2.24) is 20.0 Å². The van der Waals surface area contributed by atoms with Gasteiger partial charge >= 0.3 is 0 Å². The van der Waals surface area contributed by atoms with E-state index in [1.54, 1.807) is 17.1 Å². The summed E-state index contributed by atoms with van der Waals surface area (Å²) in [5, 5.41) is 9.17. The summed E-state index contributed by atoms with van der Waals surface area (Å²) in [6.45, 7) is 4.49. The Balaban J connectivity index is 1.70. The van der Waals surface area contributed by atoms with E-state index < -0.39 is 0 Å². The van der Waals surface area contributed by atoms with Gasteiger partial charge in [0.15, 0.2) is 0 Å². The van der Waals surface area contributed by atoms with Gasteiger partial charge in [-0.15, -0.1) is 12.6 Å². The van der Waals surface area contributed by atoms with Crippen molar-refractivity contribution in [3.8, 4) is 5.69 Å². The summed E-state index contributed by atoms with van der Waals surface area (Å²) in [5.41, 5.74) is 2.13. The molecule has 1 fully saturated rings. The third kappa shape index (κ3) is 4.87. The van der Waals surface area contributed by atoms with Crippen molar-refractivity contribution >= 4 is 24.8 Å². The molecule has 1 saturated heterocycles. The number of aliphatic imine (C=N–C) groups is 1. The van der Waals surface area contributed by atoms with E-state index in [9.17, 15) is 4.79 Å². The number of piperidine rings is 1. The minimum atomic E-state index is -0.0899. The molecule has 1 N–H and O–H groups in total. The van der Waals surface area contributed by atoms with Crippen LogP contribution in [0, 0.1) is 0 Å². The summed E-state index contributed by atoms with van der Waals surface area (Å²) < 4.78 is 1.78. The minimum Gasteiger partial charge on any atom is -0.333 e. The Morgan fingerprint density at radius 1 is 1.44 bits per heavy atom. The fourth-order valence-electron chi connectivity index (χ4n) is 3.23. The van der Waals surface area contributed by atoms with Crippen LogP contribution in [-0.2, 0) is 4.79 Å². The first-order valence-electron chi connectivity index (χ1n) is 9.23. The van der Waals surface area contributed by atoms with Gasteiger partial charge in [-0.25, -0.2) is 9.67 Å². The molecule has 1 aromatic carbocycles. The van der Waals surface area contributed by atoms with E-state index in [1.807, 2.05) is 48.4 Å². The molecule has 3 rings (SSSR count). The van der Waals surface area contributed by atoms with E-state index in [1.165, 1.54) is 5.41 Å². The lowest BCUT2D eigenvalue weighted by atomic mass is 10.1. The molecule has 0 unspecified atom stereocenters. The number of amides is 1. The maximum atomic E-state index is 12.9. The van der Waals surface area contributed by atoms with Gasteiger partial charge in [0.05, 0.1) is 11.9 Å². The zero-order valence-electron chi connectivity index (χ0n) is 15.5. The number of likely N-dealkylation sites (N-methyl/N-ethyl adjacent to an activating group) is 1.